The Morgan fingerprint density at radius 1 is 1.26 bits per heavy atom. The first-order valence-electron chi connectivity index (χ1n) is 6.07. The van der Waals surface area contributed by atoms with Crippen molar-refractivity contribution < 1.29 is 16.8 Å². The summed E-state index contributed by atoms with van der Waals surface area (Å²) in [6, 6.07) is 3.57. The summed E-state index contributed by atoms with van der Waals surface area (Å²) in [5, 5.41) is 8.48. The molecule has 0 aromatic carbocycles. The monoisotopic (exact) mass is 378 g/mol. The molecule has 2 aromatic rings. The van der Waals surface area contributed by atoms with E-state index in [1.54, 1.807) is 12.1 Å². The minimum Gasteiger partial charge on any atom is -0.203 e. The first-order chi connectivity index (χ1) is 10.7. The van der Waals surface area contributed by atoms with Gasteiger partial charge in [0.2, 0.25) is 0 Å². The molecule has 2 rings (SSSR count). The summed E-state index contributed by atoms with van der Waals surface area (Å²) in [5.74, 6) is 0. The van der Waals surface area contributed by atoms with E-state index in [0.29, 0.717) is 8.50 Å². The molecule has 0 saturated heterocycles. The highest BCUT2D eigenvalue weighted by molar-refractivity contribution is 7.89. The van der Waals surface area contributed by atoms with Gasteiger partial charge in [-0.3, -0.25) is 0 Å². The second-order valence-electron chi connectivity index (χ2n) is 4.39. The van der Waals surface area contributed by atoms with E-state index in [4.69, 9.17) is 0 Å². The second kappa shape index (κ2) is 6.35. The van der Waals surface area contributed by atoms with Gasteiger partial charge in [-0.15, -0.1) is 20.5 Å². The van der Waals surface area contributed by atoms with Gasteiger partial charge in [-0.2, -0.15) is 30.7 Å². The summed E-state index contributed by atoms with van der Waals surface area (Å²) in [5.41, 5.74) is 0. The fourth-order valence-electron chi connectivity index (χ4n) is 1.31. The third-order valence-electron chi connectivity index (χ3n) is 2.62. The normalized spacial score (nSPS) is 13.0. The summed E-state index contributed by atoms with van der Waals surface area (Å²) in [4.78, 5) is 4.31. The van der Waals surface area contributed by atoms with Crippen molar-refractivity contribution in [1.82, 2.24) is 22.9 Å². The van der Waals surface area contributed by atoms with Gasteiger partial charge in [0.1, 0.15) is 6.33 Å². The predicted molar refractivity (Wildman–Crippen MR) is 84.9 cm³/mol. The van der Waals surface area contributed by atoms with Gasteiger partial charge >= 0.3 is 20.2 Å². The third-order valence-corrected chi connectivity index (χ3v) is 6.44. The molecular formula is C10H14N6O4S3. The van der Waals surface area contributed by atoms with Gasteiger partial charge in [-0.05, 0) is 11.4 Å². The summed E-state index contributed by atoms with van der Waals surface area (Å²) in [6.07, 6.45) is 2.19. The molecule has 0 bridgehead atoms. The van der Waals surface area contributed by atoms with Gasteiger partial charge < -0.3 is 0 Å². The zero-order chi connectivity index (χ0) is 17.3. The van der Waals surface area contributed by atoms with Crippen LogP contribution in [0.4, 0.5) is 0 Å². The molecule has 0 atom stereocenters. The Labute approximate surface area is 137 Å². The number of nitrogens with zero attached hydrogens (tertiary/aromatic N) is 6. The van der Waals surface area contributed by atoms with Gasteiger partial charge in [0.25, 0.3) is 5.16 Å². The largest absolute Gasteiger partial charge is 0.323 e. The quantitative estimate of drug-likeness (QED) is 0.501. The van der Waals surface area contributed by atoms with E-state index in [2.05, 4.69) is 15.2 Å². The van der Waals surface area contributed by atoms with E-state index >= 15 is 0 Å². The number of sulfonamides is 1. The standard InChI is InChI=1S/C10H14N6O4S3/c1-14(2)23(19,20)16-8-11-10(13-16)22(17,18)15(3)12-7-9-5-4-6-21-9/h4-8H,1-3H3/b12-7+. The van der Waals surface area contributed by atoms with Crippen molar-refractivity contribution >= 4 is 37.8 Å². The molecule has 2 aromatic heterocycles. The fraction of sp³-hybridized carbons (Fsp3) is 0.300. The Kier molecular flexibility index (Phi) is 4.84. The van der Waals surface area contributed by atoms with Crippen LogP contribution >= 0.6 is 11.3 Å². The smallest absolute Gasteiger partial charge is 0.203 e. The Morgan fingerprint density at radius 3 is 2.52 bits per heavy atom. The molecule has 0 radical (unpaired) electrons. The molecular weight excluding hydrogens is 364 g/mol. The third kappa shape index (κ3) is 3.57. The molecule has 0 aliphatic carbocycles. The summed E-state index contributed by atoms with van der Waals surface area (Å²) in [6.45, 7) is 0. The zero-order valence-corrected chi connectivity index (χ0v) is 14.9. The highest BCUT2D eigenvalue weighted by Gasteiger charge is 2.27. The van der Waals surface area contributed by atoms with E-state index < -0.39 is 25.4 Å². The first-order valence-corrected chi connectivity index (χ1v) is 9.78. The molecule has 0 amide bonds. The highest BCUT2D eigenvalue weighted by atomic mass is 32.2. The summed E-state index contributed by atoms with van der Waals surface area (Å²) in [7, 11) is -4.28. The Morgan fingerprint density at radius 2 is 1.96 bits per heavy atom. The Balaban J connectivity index is 2.28. The average Bonchev–Trinajstić information content (AvgIpc) is 3.15. The van der Waals surface area contributed by atoms with E-state index in [-0.39, 0.29) is 0 Å². The number of thiophene rings is 1. The van der Waals surface area contributed by atoms with Crippen molar-refractivity contribution in [2.24, 2.45) is 5.10 Å². The second-order valence-corrected chi connectivity index (χ2v) is 9.21. The van der Waals surface area contributed by atoms with Gasteiger partial charge in [-0.1, -0.05) is 6.07 Å². The SMILES string of the molecule is CN(/N=C/c1cccs1)S(=O)(=O)c1ncn(S(=O)(=O)N(C)C)n1. The minimum atomic E-state index is -4.14. The topological polar surface area (TPSA) is 118 Å². The van der Waals surface area contributed by atoms with Crippen LogP contribution in [0.15, 0.2) is 34.1 Å². The summed E-state index contributed by atoms with van der Waals surface area (Å²) < 4.78 is 50.3. The van der Waals surface area contributed by atoms with E-state index in [0.717, 1.165) is 15.5 Å². The summed E-state index contributed by atoms with van der Waals surface area (Å²) >= 11 is 1.39. The minimum absolute atomic E-state index is 0.483. The van der Waals surface area contributed by atoms with Crippen molar-refractivity contribution in [3.8, 4) is 0 Å². The molecule has 23 heavy (non-hydrogen) atoms. The molecule has 13 heteroatoms. The molecule has 10 nitrogen and oxygen atoms in total. The van der Waals surface area contributed by atoms with Gasteiger partial charge in [0, 0.05) is 26.0 Å². The van der Waals surface area contributed by atoms with E-state index in [9.17, 15) is 16.8 Å². The van der Waals surface area contributed by atoms with Crippen LogP contribution in [0.3, 0.4) is 0 Å². The van der Waals surface area contributed by atoms with Gasteiger partial charge in [0.15, 0.2) is 0 Å². The number of hydrazone groups is 1. The van der Waals surface area contributed by atoms with Crippen molar-refractivity contribution in [2.75, 3.05) is 21.1 Å². The first kappa shape index (κ1) is 17.5. The van der Waals surface area contributed by atoms with Crippen molar-refractivity contribution in [3.63, 3.8) is 0 Å². The lowest BCUT2D eigenvalue weighted by molar-refractivity contribution is 0.481. The predicted octanol–water partition coefficient (Wildman–Crippen LogP) is -0.351. The maximum absolute atomic E-state index is 12.3. The molecule has 0 aliphatic rings. The molecule has 0 unspecified atom stereocenters. The number of aromatic nitrogens is 3. The molecule has 0 spiro atoms. The van der Waals surface area contributed by atoms with Crippen LogP contribution in [-0.2, 0) is 20.2 Å². The molecule has 2 heterocycles. The Hall–Kier alpha value is -1.83. The van der Waals surface area contributed by atoms with Crippen LogP contribution in [-0.4, -0.2) is 67.1 Å². The lowest BCUT2D eigenvalue weighted by Crippen LogP contribution is -2.30. The van der Waals surface area contributed by atoms with Crippen LogP contribution in [0.2, 0.25) is 0 Å². The lowest BCUT2D eigenvalue weighted by atomic mass is 10.5. The van der Waals surface area contributed by atoms with Crippen LogP contribution in [0, 0.1) is 0 Å². The van der Waals surface area contributed by atoms with Crippen molar-refractivity contribution in [1.29, 1.82) is 0 Å². The van der Waals surface area contributed by atoms with E-state index in [1.165, 1.54) is 38.7 Å². The fourth-order valence-corrected chi connectivity index (χ4v) is 3.41. The zero-order valence-electron chi connectivity index (χ0n) is 12.4. The van der Waals surface area contributed by atoms with Crippen molar-refractivity contribution in [3.05, 3.63) is 28.7 Å². The molecule has 126 valence electrons. The molecule has 0 fully saturated rings. The van der Waals surface area contributed by atoms with Crippen molar-refractivity contribution in [2.45, 2.75) is 5.16 Å². The number of hydrogen-bond acceptors (Lipinski definition) is 8. The molecule has 0 saturated carbocycles. The average molecular weight is 378 g/mol. The number of hydrogen-bond donors (Lipinski definition) is 0. The van der Waals surface area contributed by atoms with Gasteiger partial charge in [0.05, 0.1) is 6.21 Å². The van der Waals surface area contributed by atoms with Crippen LogP contribution in [0.5, 0.6) is 0 Å². The maximum Gasteiger partial charge on any atom is 0.323 e. The van der Waals surface area contributed by atoms with E-state index in [1.807, 2.05) is 5.38 Å². The maximum atomic E-state index is 12.3. The van der Waals surface area contributed by atoms with Crippen LogP contribution in [0.1, 0.15) is 4.88 Å². The highest BCUT2D eigenvalue weighted by Crippen LogP contribution is 2.11. The lowest BCUT2D eigenvalue weighted by Gasteiger charge is -2.11. The number of rotatable bonds is 6. The molecule has 0 N–H and O–H groups in total. The Bertz CT molecular complexity index is 898. The van der Waals surface area contributed by atoms with Crippen LogP contribution < -0.4 is 0 Å². The molecule has 0 aliphatic heterocycles. The van der Waals surface area contributed by atoms with Gasteiger partial charge in [-0.25, -0.2) is 4.98 Å². The van der Waals surface area contributed by atoms with Crippen LogP contribution in [0.25, 0.3) is 0 Å².